The van der Waals surface area contributed by atoms with Gasteiger partial charge in [-0.15, -0.1) is 0 Å². The first-order valence-corrected chi connectivity index (χ1v) is 6.23. The number of carboxylic acids is 1. The van der Waals surface area contributed by atoms with Crippen molar-refractivity contribution in [3.63, 3.8) is 0 Å². The summed E-state index contributed by atoms with van der Waals surface area (Å²) in [4.78, 5) is 37.1. The van der Waals surface area contributed by atoms with Crippen LogP contribution in [0, 0.1) is 0 Å². The van der Waals surface area contributed by atoms with Crippen molar-refractivity contribution in [1.29, 1.82) is 0 Å². The van der Waals surface area contributed by atoms with E-state index in [4.69, 9.17) is 0 Å². The monoisotopic (exact) mass is 286 g/mol. The third-order valence-corrected chi connectivity index (χ3v) is 3.19. The zero-order chi connectivity index (χ0) is 15.5. The normalized spacial score (nSPS) is 13.2. The molecular formula is C15H14N2O4. The second kappa shape index (κ2) is 5.62. The first-order valence-electron chi connectivity index (χ1n) is 6.23. The van der Waals surface area contributed by atoms with E-state index >= 15 is 0 Å². The van der Waals surface area contributed by atoms with Gasteiger partial charge in [-0.25, -0.2) is 4.79 Å². The van der Waals surface area contributed by atoms with E-state index in [1.54, 1.807) is 30.3 Å². The Bertz CT molecular complexity index is 703. The van der Waals surface area contributed by atoms with Crippen LogP contribution >= 0.6 is 0 Å². The predicted octanol–water partition coefficient (Wildman–Crippen LogP) is 1.10. The molecule has 1 heterocycles. The van der Waals surface area contributed by atoms with Crippen LogP contribution in [0.3, 0.4) is 0 Å². The quantitative estimate of drug-likeness (QED) is 0.783. The third kappa shape index (κ3) is 3.00. The van der Waals surface area contributed by atoms with E-state index in [9.17, 15) is 19.5 Å². The molecule has 1 unspecified atom stereocenters. The summed E-state index contributed by atoms with van der Waals surface area (Å²) in [6.45, 7) is 1.41. The highest BCUT2D eigenvalue weighted by molar-refractivity contribution is 5.97. The third-order valence-electron chi connectivity index (χ3n) is 3.19. The molecule has 1 atom stereocenters. The molecule has 1 amide bonds. The SMILES string of the molecule is CC(NC(=O)c1ccc(=O)[nH]c1)(C(=O)O)c1ccccc1. The molecule has 6 heteroatoms. The highest BCUT2D eigenvalue weighted by Gasteiger charge is 2.36. The molecule has 0 radical (unpaired) electrons. The lowest BCUT2D eigenvalue weighted by Gasteiger charge is -2.26. The second-order valence-electron chi connectivity index (χ2n) is 4.69. The van der Waals surface area contributed by atoms with E-state index in [1.807, 2.05) is 0 Å². The molecule has 0 saturated carbocycles. The standard InChI is InChI=1S/C15H14N2O4/c1-15(14(20)21,11-5-3-2-4-6-11)17-13(19)10-7-8-12(18)16-9-10/h2-9H,1H3,(H,16,18)(H,17,19)(H,20,21). The van der Waals surface area contributed by atoms with Crippen LogP contribution in [-0.4, -0.2) is 22.0 Å². The molecule has 3 N–H and O–H groups in total. The summed E-state index contributed by atoms with van der Waals surface area (Å²) in [6, 6.07) is 10.9. The smallest absolute Gasteiger partial charge is 0.333 e. The second-order valence-corrected chi connectivity index (χ2v) is 4.69. The van der Waals surface area contributed by atoms with Crippen molar-refractivity contribution in [3.8, 4) is 0 Å². The number of aromatic amines is 1. The maximum absolute atomic E-state index is 12.2. The van der Waals surface area contributed by atoms with Crippen LogP contribution in [0.15, 0.2) is 53.5 Å². The molecule has 0 aliphatic heterocycles. The van der Waals surface area contributed by atoms with Gasteiger partial charge in [-0.2, -0.15) is 0 Å². The molecule has 0 saturated heterocycles. The Balaban J connectivity index is 2.33. The van der Waals surface area contributed by atoms with Crippen LogP contribution in [0.1, 0.15) is 22.8 Å². The number of benzene rings is 1. The van der Waals surface area contributed by atoms with Crippen LogP contribution in [0.2, 0.25) is 0 Å². The molecular weight excluding hydrogens is 272 g/mol. The topological polar surface area (TPSA) is 99.3 Å². The highest BCUT2D eigenvalue weighted by Crippen LogP contribution is 2.21. The van der Waals surface area contributed by atoms with E-state index in [-0.39, 0.29) is 11.1 Å². The Hall–Kier alpha value is -2.89. The molecule has 0 fully saturated rings. The fraction of sp³-hybridized carbons (Fsp3) is 0.133. The van der Waals surface area contributed by atoms with Crippen LogP contribution in [0.25, 0.3) is 0 Å². The van der Waals surface area contributed by atoms with Crippen molar-refractivity contribution in [2.24, 2.45) is 0 Å². The van der Waals surface area contributed by atoms with Crippen LogP contribution in [-0.2, 0) is 10.3 Å². The minimum absolute atomic E-state index is 0.179. The number of carbonyl (C=O) groups is 2. The Morgan fingerprint density at radius 3 is 2.33 bits per heavy atom. The summed E-state index contributed by atoms with van der Waals surface area (Å²) >= 11 is 0. The van der Waals surface area contributed by atoms with Crippen molar-refractivity contribution in [3.05, 3.63) is 70.1 Å². The Kier molecular flexibility index (Phi) is 3.89. The molecule has 21 heavy (non-hydrogen) atoms. The summed E-state index contributed by atoms with van der Waals surface area (Å²) in [5.41, 5.74) is -1.27. The van der Waals surface area contributed by atoms with Crippen molar-refractivity contribution in [1.82, 2.24) is 10.3 Å². The van der Waals surface area contributed by atoms with Gasteiger partial charge in [0.05, 0.1) is 5.56 Å². The first-order chi connectivity index (χ1) is 9.93. The fourth-order valence-electron chi connectivity index (χ4n) is 1.87. The molecule has 0 bridgehead atoms. The maximum Gasteiger partial charge on any atom is 0.333 e. The molecule has 2 rings (SSSR count). The molecule has 0 spiro atoms. The van der Waals surface area contributed by atoms with E-state index in [2.05, 4.69) is 10.3 Å². The van der Waals surface area contributed by atoms with E-state index in [1.165, 1.54) is 25.3 Å². The lowest BCUT2D eigenvalue weighted by Crippen LogP contribution is -2.49. The van der Waals surface area contributed by atoms with Gasteiger partial charge in [0, 0.05) is 12.3 Å². The van der Waals surface area contributed by atoms with Crippen molar-refractivity contribution < 1.29 is 14.7 Å². The lowest BCUT2D eigenvalue weighted by molar-refractivity contribution is -0.144. The van der Waals surface area contributed by atoms with Gasteiger partial charge in [0.25, 0.3) is 5.91 Å². The van der Waals surface area contributed by atoms with Gasteiger partial charge in [-0.3, -0.25) is 9.59 Å². The average molecular weight is 286 g/mol. The van der Waals surface area contributed by atoms with E-state index in [0.29, 0.717) is 5.56 Å². The molecule has 0 aliphatic carbocycles. The van der Waals surface area contributed by atoms with Crippen LogP contribution < -0.4 is 10.9 Å². The molecule has 1 aromatic carbocycles. The number of rotatable bonds is 4. The van der Waals surface area contributed by atoms with Gasteiger partial charge in [0.15, 0.2) is 5.54 Å². The number of carbonyl (C=O) groups excluding carboxylic acids is 1. The van der Waals surface area contributed by atoms with E-state index in [0.717, 1.165) is 0 Å². The fourth-order valence-corrected chi connectivity index (χ4v) is 1.87. The van der Waals surface area contributed by atoms with Crippen LogP contribution in [0.4, 0.5) is 0 Å². The Morgan fingerprint density at radius 2 is 1.81 bits per heavy atom. The maximum atomic E-state index is 12.2. The number of hydrogen-bond acceptors (Lipinski definition) is 3. The summed E-state index contributed by atoms with van der Waals surface area (Å²) in [7, 11) is 0. The largest absolute Gasteiger partial charge is 0.479 e. The van der Waals surface area contributed by atoms with Crippen molar-refractivity contribution >= 4 is 11.9 Å². The number of pyridine rings is 1. The Morgan fingerprint density at radius 1 is 1.14 bits per heavy atom. The number of aliphatic carboxylic acids is 1. The van der Waals surface area contributed by atoms with Gasteiger partial charge >= 0.3 is 5.97 Å². The number of carboxylic acid groups (broad SMARTS) is 1. The Labute approximate surface area is 120 Å². The number of nitrogens with one attached hydrogen (secondary N) is 2. The number of H-pyrrole nitrogens is 1. The summed E-state index contributed by atoms with van der Waals surface area (Å²) in [5, 5.41) is 11.9. The zero-order valence-electron chi connectivity index (χ0n) is 11.3. The minimum atomic E-state index is -1.56. The highest BCUT2D eigenvalue weighted by atomic mass is 16.4. The lowest BCUT2D eigenvalue weighted by atomic mass is 9.91. The number of aromatic nitrogens is 1. The summed E-state index contributed by atoms with van der Waals surface area (Å²) < 4.78 is 0. The van der Waals surface area contributed by atoms with Crippen LogP contribution in [0.5, 0.6) is 0 Å². The summed E-state index contributed by atoms with van der Waals surface area (Å²) in [6.07, 6.45) is 1.24. The molecule has 2 aromatic rings. The van der Waals surface area contributed by atoms with Crippen molar-refractivity contribution in [2.75, 3.05) is 0 Å². The zero-order valence-corrected chi connectivity index (χ0v) is 11.3. The number of hydrogen-bond donors (Lipinski definition) is 3. The first kappa shape index (κ1) is 14.5. The van der Waals surface area contributed by atoms with Gasteiger partial charge in [-0.1, -0.05) is 30.3 Å². The van der Waals surface area contributed by atoms with E-state index < -0.39 is 17.4 Å². The van der Waals surface area contributed by atoms with Gasteiger partial charge < -0.3 is 15.4 Å². The van der Waals surface area contributed by atoms with Gasteiger partial charge in [0.2, 0.25) is 5.56 Å². The molecule has 108 valence electrons. The molecule has 6 nitrogen and oxygen atoms in total. The average Bonchev–Trinajstić information content (AvgIpc) is 2.48. The number of amides is 1. The predicted molar refractivity (Wildman–Crippen MR) is 76.0 cm³/mol. The van der Waals surface area contributed by atoms with Crippen molar-refractivity contribution in [2.45, 2.75) is 12.5 Å². The van der Waals surface area contributed by atoms with Gasteiger partial charge in [0.1, 0.15) is 0 Å². The van der Waals surface area contributed by atoms with Gasteiger partial charge in [-0.05, 0) is 18.6 Å². The minimum Gasteiger partial charge on any atom is -0.479 e. The molecule has 0 aliphatic rings. The molecule has 1 aromatic heterocycles. The summed E-state index contributed by atoms with van der Waals surface area (Å²) in [5.74, 6) is -1.76.